The monoisotopic (exact) mass is 300 g/mol. The van der Waals surface area contributed by atoms with Crippen LogP contribution < -0.4 is 4.90 Å². The molecule has 0 fully saturated rings. The number of fused-ring (bicyclic) bond motifs is 1. The number of aromatic carboxylic acids is 1. The topological polar surface area (TPSA) is 71.2 Å². The third kappa shape index (κ3) is 2.45. The number of hydrogen-bond donors (Lipinski definition) is 1. The fourth-order valence-electron chi connectivity index (χ4n) is 2.98. The molecule has 3 rings (SSSR count). The highest BCUT2D eigenvalue weighted by atomic mass is 16.4. The largest absolute Gasteiger partial charge is 0.477 e. The van der Waals surface area contributed by atoms with Gasteiger partial charge in [-0.1, -0.05) is 19.9 Å². The Morgan fingerprint density at radius 3 is 2.77 bits per heavy atom. The summed E-state index contributed by atoms with van der Waals surface area (Å²) in [5.41, 5.74) is 2.42. The van der Waals surface area contributed by atoms with Crippen molar-refractivity contribution in [3.8, 4) is 0 Å². The highest BCUT2D eigenvalue weighted by molar-refractivity contribution is 5.85. The van der Waals surface area contributed by atoms with E-state index >= 15 is 0 Å². The molecule has 6 heteroatoms. The molecule has 0 saturated carbocycles. The van der Waals surface area contributed by atoms with Gasteiger partial charge >= 0.3 is 5.97 Å². The lowest BCUT2D eigenvalue weighted by atomic mass is 10.1. The van der Waals surface area contributed by atoms with Gasteiger partial charge in [0.2, 0.25) is 0 Å². The molecule has 0 spiro atoms. The van der Waals surface area contributed by atoms with Gasteiger partial charge in [0.15, 0.2) is 5.69 Å². The third-order valence-corrected chi connectivity index (χ3v) is 4.08. The first-order chi connectivity index (χ1) is 10.5. The lowest BCUT2D eigenvalue weighted by Gasteiger charge is -2.27. The number of anilines is 1. The smallest absolute Gasteiger partial charge is 0.354 e. The van der Waals surface area contributed by atoms with E-state index in [0.717, 1.165) is 24.5 Å². The van der Waals surface area contributed by atoms with Crippen LogP contribution in [0.4, 0.5) is 5.82 Å². The van der Waals surface area contributed by atoms with E-state index in [1.54, 1.807) is 6.07 Å². The molecule has 1 N–H and O–H groups in total. The van der Waals surface area contributed by atoms with Crippen molar-refractivity contribution in [1.82, 2.24) is 14.5 Å². The minimum atomic E-state index is -1.00. The Bertz CT molecular complexity index is 721. The van der Waals surface area contributed by atoms with E-state index in [1.165, 1.54) is 11.8 Å². The molecule has 2 aromatic rings. The molecule has 3 heterocycles. The summed E-state index contributed by atoms with van der Waals surface area (Å²) in [5, 5.41) is 9.07. The molecule has 22 heavy (non-hydrogen) atoms. The van der Waals surface area contributed by atoms with Crippen LogP contribution in [0.25, 0.3) is 0 Å². The van der Waals surface area contributed by atoms with Crippen molar-refractivity contribution in [3.63, 3.8) is 0 Å². The van der Waals surface area contributed by atoms with Crippen molar-refractivity contribution >= 4 is 11.8 Å². The molecule has 0 amide bonds. The van der Waals surface area contributed by atoms with Crippen LogP contribution in [-0.4, -0.2) is 32.2 Å². The van der Waals surface area contributed by atoms with Crippen LogP contribution in [0.2, 0.25) is 0 Å². The number of carbonyl (C=O) groups is 1. The first-order valence-electron chi connectivity index (χ1n) is 7.47. The van der Waals surface area contributed by atoms with Gasteiger partial charge in [0.25, 0.3) is 0 Å². The first kappa shape index (κ1) is 14.6. The predicted molar refractivity (Wildman–Crippen MR) is 83.2 cm³/mol. The number of nitrogens with zero attached hydrogens (tertiary/aromatic N) is 4. The molecule has 0 aliphatic carbocycles. The summed E-state index contributed by atoms with van der Waals surface area (Å²) in [6, 6.07) is 5.10. The minimum Gasteiger partial charge on any atom is -0.477 e. The van der Waals surface area contributed by atoms with Gasteiger partial charge in [-0.25, -0.2) is 14.8 Å². The predicted octanol–water partition coefficient (Wildman–Crippen LogP) is 2.20. The van der Waals surface area contributed by atoms with Crippen LogP contribution in [0.3, 0.4) is 0 Å². The summed E-state index contributed by atoms with van der Waals surface area (Å²) in [5.74, 6) is 1.18. The molecule has 1 aliphatic heterocycles. The van der Waals surface area contributed by atoms with Crippen molar-refractivity contribution in [2.75, 3.05) is 11.4 Å². The molecule has 1 aliphatic rings. The summed E-state index contributed by atoms with van der Waals surface area (Å²) >= 11 is 0. The fraction of sp³-hybridized carbons (Fsp3) is 0.438. The van der Waals surface area contributed by atoms with E-state index in [1.807, 2.05) is 6.07 Å². The molecular weight excluding hydrogens is 280 g/mol. The second-order valence-corrected chi connectivity index (χ2v) is 5.93. The van der Waals surface area contributed by atoms with E-state index < -0.39 is 5.97 Å². The molecule has 116 valence electrons. The number of aromatic nitrogens is 3. The van der Waals surface area contributed by atoms with Crippen LogP contribution in [-0.2, 0) is 20.0 Å². The summed E-state index contributed by atoms with van der Waals surface area (Å²) in [6.07, 6.45) is 0.893. The summed E-state index contributed by atoms with van der Waals surface area (Å²) < 4.78 is 2.19. The van der Waals surface area contributed by atoms with E-state index in [4.69, 9.17) is 10.1 Å². The van der Waals surface area contributed by atoms with E-state index in [2.05, 4.69) is 35.3 Å². The molecule has 0 radical (unpaired) electrons. The summed E-state index contributed by atoms with van der Waals surface area (Å²) in [6.45, 7) is 5.78. The van der Waals surface area contributed by atoms with Gasteiger partial charge in [-0.15, -0.1) is 0 Å². The Morgan fingerprint density at radius 1 is 1.32 bits per heavy atom. The molecule has 0 aromatic carbocycles. The Labute approximate surface area is 129 Å². The Morgan fingerprint density at radius 2 is 2.09 bits per heavy atom. The fourth-order valence-corrected chi connectivity index (χ4v) is 2.98. The Hall–Kier alpha value is -2.37. The van der Waals surface area contributed by atoms with Gasteiger partial charge in [-0.2, -0.15) is 0 Å². The maximum Gasteiger partial charge on any atom is 0.354 e. The van der Waals surface area contributed by atoms with Crippen molar-refractivity contribution in [1.29, 1.82) is 0 Å². The van der Waals surface area contributed by atoms with E-state index in [-0.39, 0.29) is 5.69 Å². The van der Waals surface area contributed by atoms with Crippen LogP contribution in [0.1, 0.15) is 47.5 Å². The number of carboxylic acid groups (broad SMARTS) is 1. The molecule has 6 nitrogen and oxygen atoms in total. The quantitative estimate of drug-likeness (QED) is 0.941. The average molecular weight is 300 g/mol. The van der Waals surface area contributed by atoms with Crippen molar-refractivity contribution < 1.29 is 9.90 Å². The molecule has 0 unspecified atom stereocenters. The second-order valence-electron chi connectivity index (χ2n) is 5.93. The normalized spacial score (nSPS) is 14.3. The van der Waals surface area contributed by atoms with Gasteiger partial charge in [-0.05, 0) is 12.1 Å². The highest BCUT2D eigenvalue weighted by Crippen LogP contribution is 2.25. The molecule has 0 atom stereocenters. The SMILES string of the molecule is CC(C)c1nc2c(n1C)CCN(c1cccc(C(=O)O)n1)C2. The zero-order valence-electron chi connectivity index (χ0n) is 13.1. The van der Waals surface area contributed by atoms with Gasteiger partial charge in [0.1, 0.15) is 11.6 Å². The Kier molecular flexibility index (Phi) is 3.60. The average Bonchev–Trinajstić information content (AvgIpc) is 2.84. The molecule has 0 bridgehead atoms. The van der Waals surface area contributed by atoms with E-state index in [0.29, 0.717) is 18.3 Å². The maximum absolute atomic E-state index is 11.1. The van der Waals surface area contributed by atoms with Crippen LogP contribution >= 0.6 is 0 Å². The van der Waals surface area contributed by atoms with Crippen LogP contribution in [0.5, 0.6) is 0 Å². The van der Waals surface area contributed by atoms with E-state index in [9.17, 15) is 4.79 Å². The maximum atomic E-state index is 11.1. The number of carboxylic acids is 1. The zero-order chi connectivity index (χ0) is 15.9. The van der Waals surface area contributed by atoms with Gasteiger partial charge < -0.3 is 14.6 Å². The van der Waals surface area contributed by atoms with Crippen molar-refractivity contribution in [2.24, 2.45) is 7.05 Å². The van der Waals surface area contributed by atoms with Gasteiger partial charge in [-0.3, -0.25) is 0 Å². The second kappa shape index (κ2) is 5.44. The zero-order valence-corrected chi connectivity index (χ0v) is 13.1. The Balaban J connectivity index is 1.90. The van der Waals surface area contributed by atoms with Crippen LogP contribution in [0.15, 0.2) is 18.2 Å². The summed E-state index contributed by atoms with van der Waals surface area (Å²) in [4.78, 5) is 22.1. The van der Waals surface area contributed by atoms with Crippen LogP contribution in [0, 0.1) is 0 Å². The molecular formula is C16H20N4O2. The number of rotatable bonds is 3. The standard InChI is InChI=1S/C16H20N4O2/c1-10(2)15-18-12-9-20(8-7-13(12)19(15)3)14-6-4-5-11(17-14)16(21)22/h4-6,10H,7-9H2,1-3H3,(H,21,22). The molecule has 0 saturated heterocycles. The lowest BCUT2D eigenvalue weighted by Crippen LogP contribution is -2.32. The number of pyridine rings is 1. The molecule has 2 aromatic heterocycles. The van der Waals surface area contributed by atoms with Gasteiger partial charge in [0, 0.05) is 31.6 Å². The van der Waals surface area contributed by atoms with Gasteiger partial charge in [0.05, 0.1) is 12.2 Å². The summed E-state index contributed by atoms with van der Waals surface area (Å²) in [7, 11) is 2.07. The number of hydrogen-bond acceptors (Lipinski definition) is 4. The van der Waals surface area contributed by atoms with Crippen molar-refractivity contribution in [3.05, 3.63) is 41.1 Å². The minimum absolute atomic E-state index is 0.0761. The third-order valence-electron chi connectivity index (χ3n) is 4.08. The van der Waals surface area contributed by atoms with Crippen molar-refractivity contribution in [2.45, 2.75) is 32.7 Å². The first-order valence-corrected chi connectivity index (χ1v) is 7.47. The number of imidazole rings is 1. The highest BCUT2D eigenvalue weighted by Gasteiger charge is 2.24. The lowest BCUT2D eigenvalue weighted by molar-refractivity contribution is 0.0690.